The highest BCUT2D eigenvalue weighted by Crippen LogP contribution is 2.27. The number of benzene rings is 1. The van der Waals surface area contributed by atoms with Crippen LogP contribution in [0.15, 0.2) is 24.3 Å². The summed E-state index contributed by atoms with van der Waals surface area (Å²) in [5, 5.41) is 7.34. The van der Waals surface area contributed by atoms with Gasteiger partial charge in [-0.1, -0.05) is 19.1 Å². The van der Waals surface area contributed by atoms with E-state index in [0.717, 1.165) is 29.1 Å². The van der Waals surface area contributed by atoms with E-state index < -0.39 is 0 Å². The number of ether oxygens (including phenoxy) is 1. The zero-order chi connectivity index (χ0) is 13.8. The molecule has 0 bridgehead atoms. The first-order valence-electron chi connectivity index (χ1n) is 6.62. The Morgan fingerprint density at radius 2 is 2.16 bits per heavy atom. The molecule has 2 aromatic rings. The number of aryl methyl sites for hydroxylation is 2. The minimum Gasteiger partial charge on any atom is -0.484 e. The fourth-order valence-corrected chi connectivity index (χ4v) is 2.18. The number of rotatable bonds is 5. The molecule has 4 nitrogen and oxygen atoms in total. The molecule has 1 aromatic heterocycles. The Balaban J connectivity index is 2.25. The molecule has 1 aromatic carbocycles. The normalized spacial score (nSPS) is 12.4. The van der Waals surface area contributed by atoms with E-state index in [9.17, 15) is 0 Å². The maximum Gasteiger partial charge on any atom is 0.142 e. The lowest BCUT2D eigenvalue weighted by molar-refractivity contribution is 0.195. The number of H-pyrrole nitrogens is 1. The first-order chi connectivity index (χ1) is 9.15. The van der Waals surface area contributed by atoms with E-state index in [1.807, 2.05) is 25.1 Å². The summed E-state index contributed by atoms with van der Waals surface area (Å²) in [5.74, 6) is 0.871. The minimum absolute atomic E-state index is 0.0645. The van der Waals surface area contributed by atoms with Crippen LogP contribution in [0, 0.1) is 13.8 Å². The summed E-state index contributed by atoms with van der Waals surface area (Å²) in [6.45, 7) is 6.60. The van der Waals surface area contributed by atoms with Gasteiger partial charge < -0.3 is 10.5 Å². The van der Waals surface area contributed by atoms with Crippen LogP contribution >= 0.6 is 0 Å². The fraction of sp³-hybridized carbons (Fsp3) is 0.400. The van der Waals surface area contributed by atoms with Crippen molar-refractivity contribution in [1.82, 2.24) is 10.2 Å². The second kappa shape index (κ2) is 5.89. The van der Waals surface area contributed by atoms with Gasteiger partial charge in [0.15, 0.2) is 0 Å². The van der Waals surface area contributed by atoms with Gasteiger partial charge in [0, 0.05) is 17.8 Å². The molecule has 0 aliphatic heterocycles. The highest BCUT2D eigenvalue weighted by molar-refractivity contribution is 5.30. The van der Waals surface area contributed by atoms with E-state index in [1.54, 1.807) is 0 Å². The summed E-state index contributed by atoms with van der Waals surface area (Å²) in [5.41, 5.74) is 9.97. The lowest BCUT2D eigenvalue weighted by atomic mass is 10.1. The van der Waals surface area contributed by atoms with E-state index >= 15 is 0 Å². The predicted molar refractivity (Wildman–Crippen MR) is 76.1 cm³/mol. The molecule has 0 radical (unpaired) electrons. The van der Waals surface area contributed by atoms with Crippen LogP contribution in [0.4, 0.5) is 0 Å². The van der Waals surface area contributed by atoms with Crippen molar-refractivity contribution >= 4 is 0 Å². The Kier molecular flexibility index (Phi) is 4.22. The monoisotopic (exact) mass is 259 g/mol. The molecule has 1 atom stereocenters. The maximum atomic E-state index is 6.05. The van der Waals surface area contributed by atoms with Gasteiger partial charge >= 0.3 is 0 Å². The van der Waals surface area contributed by atoms with E-state index in [0.29, 0.717) is 6.54 Å². The number of aromatic nitrogens is 2. The Morgan fingerprint density at radius 3 is 2.79 bits per heavy atom. The van der Waals surface area contributed by atoms with Crippen LogP contribution in [-0.4, -0.2) is 10.2 Å². The SMILES string of the molecule is CCC(Oc1cccc(C)c1)c1n[nH]c(C)c1CN. The Hall–Kier alpha value is -1.81. The van der Waals surface area contributed by atoms with E-state index in [2.05, 4.69) is 30.1 Å². The fourth-order valence-electron chi connectivity index (χ4n) is 2.18. The van der Waals surface area contributed by atoms with Gasteiger partial charge in [0.25, 0.3) is 0 Å². The second-order valence-electron chi connectivity index (χ2n) is 4.75. The summed E-state index contributed by atoms with van der Waals surface area (Å²) in [6, 6.07) is 8.05. The number of nitrogens with zero attached hydrogens (tertiary/aromatic N) is 1. The second-order valence-corrected chi connectivity index (χ2v) is 4.75. The summed E-state index contributed by atoms with van der Waals surface area (Å²) in [7, 11) is 0. The van der Waals surface area contributed by atoms with Crippen molar-refractivity contribution in [2.75, 3.05) is 0 Å². The van der Waals surface area contributed by atoms with Gasteiger partial charge in [-0.15, -0.1) is 0 Å². The molecule has 19 heavy (non-hydrogen) atoms. The van der Waals surface area contributed by atoms with Crippen molar-refractivity contribution in [2.45, 2.75) is 39.8 Å². The Morgan fingerprint density at radius 1 is 1.37 bits per heavy atom. The van der Waals surface area contributed by atoms with Crippen LogP contribution in [0.5, 0.6) is 5.75 Å². The number of nitrogens with one attached hydrogen (secondary N) is 1. The quantitative estimate of drug-likeness (QED) is 0.867. The standard InChI is InChI=1S/C15H21N3O/c1-4-14(15-13(9-16)11(3)17-18-15)19-12-7-5-6-10(2)8-12/h5-8,14H,4,9,16H2,1-3H3,(H,17,18). The molecule has 2 rings (SSSR count). The number of nitrogens with two attached hydrogens (primary N) is 1. The Labute approximate surface area is 114 Å². The van der Waals surface area contributed by atoms with E-state index in [1.165, 1.54) is 5.56 Å². The van der Waals surface area contributed by atoms with Gasteiger partial charge in [-0.2, -0.15) is 5.10 Å². The lowest BCUT2D eigenvalue weighted by Crippen LogP contribution is -2.11. The number of hydrogen-bond donors (Lipinski definition) is 2. The molecule has 4 heteroatoms. The largest absolute Gasteiger partial charge is 0.484 e. The summed E-state index contributed by atoms with van der Waals surface area (Å²) in [6.07, 6.45) is 0.788. The molecule has 1 unspecified atom stereocenters. The molecule has 1 heterocycles. The summed E-state index contributed by atoms with van der Waals surface area (Å²) >= 11 is 0. The molecule has 0 saturated carbocycles. The van der Waals surface area contributed by atoms with Gasteiger partial charge in [0.2, 0.25) is 0 Å². The predicted octanol–water partition coefficient (Wildman–Crippen LogP) is 3.02. The molecule has 0 amide bonds. The minimum atomic E-state index is -0.0645. The van der Waals surface area contributed by atoms with Gasteiger partial charge in [-0.25, -0.2) is 0 Å². The van der Waals surface area contributed by atoms with Crippen molar-refractivity contribution in [3.05, 3.63) is 46.8 Å². The average molecular weight is 259 g/mol. The topological polar surface area (TPSA) is 63.9 Å². The Bertz CT molecular complexity index is 548. The first kappa shape index (κ1) is 13.6. The van der Waals surface area contributed by atoms with Gasteiger partial charge in [0.05, 0.1) is 0 Å². The molecule has 0 aliphatic rings. The van der Waals surface area contributed by atoms with Crippen LogP contribution in [0.1, 0.15) is 42.0 Å². The van der Waals surface area contributed by atoms with Crippen molar-refractivity contribution in [2.24, 2.45) is 5.73 Å². The van der Waals surface area contributed by atoms with Gasteiger partial charge in [0.1, 0.15) is 17.5 Å². The lowest BCUT2D eigenvalue weighted by Gasteiger charge is -2.17. The van der Waals surface area contributed by atoms with Crippen LogP contribution in [0.2, 0.25) is 0 Å². The maximum absolute atomic E-state index is 6.05. The summed E-state index contributed by atoms with van der Waals surface area (Å²) in [4.78, 5) is 0. The zero-order valence-corrected chi connectivity index (χ0v) is 11.7. The molecule has 0 saturated heterocycles. The van der Waals surface area contributed by atoms with Crippen LogP contribution in [0.3, 0.4) is 0 Å². The van der Waals surface area contributed by atoms with E-state index in [4.69, 9.17) is 10.5 Å². The summed E-state index contributed by atoms with van der Waals surface area (Å²) < 4.78 is 6.05. The van der Waals surface area contributed by atoms with Crippen molar-refractivity contribution in [3.63, 3.8) is 0 Å². The highest BCUT2D eigenvalue weighted by atomic mass is 16.5. The van der Waals surface area contributed by atoms with Gasteiger partial charge in [-0.3, -0.25) is 5.10 Å². The molecular formula is C15H21N3O. The molecule has 0 aliphatic carbocycles. The third-order valence-electron chi connectivity index (χ3n) is 3.25. The molecular weight excluding hydrogens is 238 g/mol. The van der Waals surface area contributed by atoms with Gasteiger partial charge in [-0.05, 0) is 38.0 Å². The zero-order valence-electron chi connectivity index (χ0n) is 11.7. The van der Waals surface area contributed by atoms with Crippen LogP contribution in [0.25, 0.3) is 0 Å². The van der Waals surface area contributed by atoms with Crippen molar-refractivity contribution in [3.8, 4) is 5.75 Å². The average Bonchev–Trinajstić information content (AvgIpc) is 2.77. The van der Waals surface area contributed by atoms with Crippen LogP contribution < -0.4 is 10.5 Å². The van der Waals surface area contributed by atoms with E-state index in [-0.39, 0.29) is 6.10 Å². The number of aromatic amines is 1. The third kappa shape index (κ3) is 2.96. The molecule has 0 spiro atoms. The first-order valence-corrected chi connectivity index (χ1v) is 6.62. The van der Waals surface area contributed by atoms with Crippen LogP contribution in [-0.2, 0) is 6.54 Å². The highest BCUT2D eigenvalue weighted by Gasteiger charge is 2.19. The molecule has 102 valence electrons. The smallest absolute Gasteiger partial charge is 0.142 e. The van der Waals surface area contributed by atoms with Crippen molar-refractivity contribution in [1.29, 1.82) is 0 Å². The molecule has 0 fully saturated rings. The third-order valence-corrected chi connectivity index (χ3v) is 3.25. The number of hydrogen-bond acceptors (Lipinski definition) is 3. The van der Waals surface area contributed by atoms with Crippen molar-refractivity contribution < 1.29 is 4.74 Å². The molecule has 3 N–H and O–H groups in total.